The molecule has 0 aromatic heterocycles. The molecule has 0 spiro atoms. The van der Waals surface area contributed by atoms with Crippen LogP contribution in [-0.4, -0.2) is 61.6 Å². The zero-order chi connectivity index (χ0) is 24.3. The number of hydrogen-bond donors (Lipinski definition) is 2. The van der Waals surface area contributed by atoms with Gasteiger partial charge in [0.1, 0.15) is 5.75 Å². The average Bonchev–Trinajstić information content (AvgIpc) is 2.87. The Balaban J connectivity index is 1.36. The van der Waals surface area contributed by atoms with E-state index in [1.807, 2.05) is 6.07 Å². The first-order chi connectivity index (χ1) is 16.5. The third kappa shape index (κ3) is 7.33. The molecule has 9 heteroatoms. The molecule has 3 amide bonds. The van der Waals surface area contributed by atoms with Gasteiger partial charge in [0.2, 0.25) is 5.91 Å². The highest BCUT2D eigenvalue weighted by molar-refractivity contribution is 5.96. The first kappa shape index (κ1) is 24.8. The van der Waals surface area contributed by atoms with E-state index in [4.69, 9.17) is 9.47 Å². The second-order valence-corrected chi connectivity index (χ2v) is 7.90. The normalized spacial score (nSPS) is 13.6. The van der Waals surface area contributed by atoms with E-state index in [2.05, 4.69) is 10.6 Å². The Kier molecular flexibility index (Phi) is 9.02. The molecule has 0 unspecified atom stereocenters. The van der Waals surface area contributed by atoms with Gasteiger partial charge in [-0.1, -0.05) is 18.2 Å². The number of hydrogen-bond acceptors (Lipinski definition) is 6. The van der Waals surface area contributed by atoms with E-state index in [-0.39, 0.29) is 36.8 Å². The molecule has 180 valence electrons. The third-order valence-corrected chi connectivity index (χ3v) is 5.50. The molecule has 9 nitrogen and oxygen atoms in total. The van der Waals surface area contributed by atoms with Crippen molar-refractivity contribution in [1.29, 1.82) is 0 Å². The minimum atomic E-state index is -0.783. The highest BCUT2D eigenvalue weighted by Crippen LogP contribution is 2.20. The standard InChI is InChI=1S/C25H29N3O6/c1-2-33-25(32)34-21-10-8-20(9-11-21)24(31)28-14-12-18(13-15-28)16-26-22(29)17-27-23(30)19-6-4-3-5-7-19/h3-11,18H,2,12-17H2,1H3,(H,26,29)(H,27,30). The van der Waals surface area contributed by atoms with Gasteiger partial charge in [0, 0.05) is 30.8 Å². The van der Waals surface area contributed by atoms with Gasteiger partial charge in [0.25, 0.3) is 11.8 Å². The molecule has 0 saturated carbocycles. The molecule has 1 fully saturated rings. The molecule has 0 bridgehead atoms. The minimum absolute atomic E-state index is 0.0824. The summed E-state index contributed by atoms with van der Waals surface area (Å²) in [6.45, 7) is 3.51. The lowest BCUT2D eigenvalue weighted by Gasteiger charge is -2.32. The number of nitrogens with one attached hydrogen (secondary N) is 2. The summed E-state index contributed by atoms with van der Waals surface area (Å²) in [7, 11) is 0. The highest BCUT2D eigenvalue weighted by atomic mass is 16.7. The molecule has 1 heterocycles. The summed E-state index contributed by atoms with van der Waals surface area (Å²) in [5, 5.41) is 5.47. The van der Waals surface area contributed by atoms with Crippen LogP contribution in [0.3, 0.4) is 0 Å². The molecule has 1 saturated heterocycles. The number of nitrogens with zero attached hydrogens (tertiary/aromatic N) is 1. The second kappa shape index (κ2) is 12.4. The van der Waals surface area contributed by atoms with Crippen molar-refractivity contribution < 1.29 is 28.7 Å². The van der Waals surface area contributed by atoms with Gasteiger partial charge in [-0.05, 0) is 62.1 Å². The lowest BCUT2D eigenvalue weighted by Crippen LogP contribution is -2.43. The SMILES string of the molecule is CCOC(=O)Oc1ccc(C(=O)N2CCC(CNC(=O)CNC(=O)c3ccccc3)CC2)cc1. The van der Waals surface area contributed by atoms with Crippen LogP contribution < -0.4 is 15.4 Å². The van der Waals surface area contributed by atoms with Crippen LogP contribution in [0, 0.1) is 5.92 Å². The van der Waals surface area contributed by atoms with Gasteiger partial charge >= 0.3 is 6.16 Å². The molecule has 2 aromatic carbocycles. The van der Waals surface area contributed by atoms with E-state index in [1.54, 1.807) is 60.4 Å². The number of amides is 3. The molecule has 1 aliphatic rings. The van der Waals surface area contributed by atoms with Crippen molar-refractivity contribution in [1.82, 2.24) is 15.5 Å². The van der Waals surface area contributed by atoms with Gasteiger partial charge in [-0.25, -0.2) is 4.79 Å². The summed E-state index contributed by atoms with van der Waals surface area (Å²) in [6.07, 6.45) is 0.758. The van der Waals surface area contributed by atoms with Gasteiger partial charge in [-0.3, -0.25) is 14.4 Å². The zero-order valence-corrected chi connectivity index (χ0v) is 19.1. The summed E-state index contributed by atoms with van der Waals surface area (Å²) in [4.78, 5) is 50.0. The van der Waals surface area contributed by atoms with E-state index < -0.39 is 6.16 Å². The topological polar surface area (TPSA) is 114 Å². The van der Waals surface area contributed by atoms with E-state index in [1.165, 1.54) is 0 Å². The van der Waals surface area contributed by atoms with Crippen LogP contribution in [0.2, 0.25) is 0 Å². The third-order valence-electron chi connectivity index (χ3n) is 5.50. The Hall–Kier alpha value is -3.88. The number of piperidine rings is 1. The Bertz CT molecular complexity index is 985. The summed E-state index contributed by atoms with van der Waals surface area (Å²) in [5.74, 6) is -0.0487. The first-order valence-corrected chi connectivity index (χ1v) is 11.3. The lowest BCUT2D eigenvalue weighted by atomic mass is 9.96. The van der Waals surface area contributed by atoms with Crippen molar-refractivity contribution in [2.24, 2.45) is 5.92 Å². The van der Waals surface area contributed by atoms with Crippen LogP contribution in [0.1, 0.15) is 40.5 Å². The average molecular weight is 468 g/mol. The number of carbonyl (C=O) groups excluding carboxylic acids is 4. The molecule has 0 aliphatic carbocycles. The molecule has 1 aliphatic heterocycles. The fraction of sp³-hybridized carbons (Fsp3) is 0.360. The number of likely N-dealkylation sites (tertiary alicyclic amines) is 1. The van der Waals surface area contributed by atoms with Gasteiger partial charge in [0.15, 0.2) is 0 Å². The first-order valence-electron chi connectivity index (χ1n) is 11.3. The van der Waals surface area contributed by atoms with Crippen LogP contribution in [0.5, 0.6) is 5.75 Å². The van der Waals surface area contributed by atoms with Gasteiger partial charge in [-0.15, -0.1) is 0 Å². The summed E-state index contributed by atoms with van der Waals surface area (Å²) >= 11 is 0. The maximum Gasteiger partial charge on any atom is 0.513 e. The van der Waals surface area contributed by atoms with Crippen LogP contribution in [0.15, 0.2) is 54.6 Å². The van der Waals surface area contributed by atoms with Crippen molar-refractivity contribution in [3.63, 3.8) is 0 Å². The highest BCUT2D eigenvalue weighted by Gasteiger charge is 2.24. The van der Waals surface area contributed by atoms with E-state index in [0.29, 0.717) is 36.5 Å². The Morgan fingerprint density at radius 2 is 1.59 bits per heavy atom. The van der Waals surface area contributed by atoms with Crippen molar-refractivity contribution in [3.8, 4) is 5.75 Å². The van der Waals surface area contributed by atoms with Crippen LogP contribution in [0.25, 0.3) is 0 Å². The Morgan fingerprint density at radius 1 is 0.912 bits per heavy atom. The van der Waals surface area contributed by atoms with Gasteiger partial charge < -0.3 is 25.0 Å². The maximum absolute atomic E-state index is 12.8. The van der Waals surface area contributed by atoms with Gasteiger partial charge in [-0.2, -0.15) is 0 Å². The van der Waals surface area contributed by atoms with E-state index in [9.17, 15) is 19.2 Å². The lowest BCUT2D eigenvalue weighted by molar-refractivity contribution is -0.120. The molecule has 0 radical (unpaired) electrons. The minimum Gasteiger partial charge on any atom is -0.434 e. The molecule has 34 heavy (non-hydrogen) atoms. The van der Waals surface area contributed by atoms with Crippen molar-refractivity contribution in [2.45, 2.75) is 19.8 Å². The van der Waals surface area contributed by atoms with Crippen LogP contribution >= 0.6 is 0 Å². The van der Waals surface area contributed by atoms with Crippen LogP contribution in [0.4, 0.5) is 4.79 Å². The zero-order valence-electron chi connectivity index (χ0n) is 19.1. The maximum atomic E-state index is 12.8. The van der Waals surface area contributed by atoms with E-state index >= 15 is 0 Å². The fourth-order valence-electron chi connectivity index (χ4n) is 3.60. The largest absolute Gasteiger partial charge is 0.513 e. The van der Waals surface area contributed by atoms with E-state index in [0.717, 1.165) is 12.8 Å². The summed E-state index contributed by atoms with van der Waals surface area (Å²) in [5.41, 5.74) is 1.02. The van der Waals surface area contributed by atoms with Crippen molar-refractivity contribution in [3.05, 3.63) is 65.7 Å². The number of carbonyl (C=O) groups is 4. The fourth-order valence-corrected chi connectivity index (χ4v) is 3.60. The Morgan fingerprint density at radius 3 is 2.24 bits per heavy atom. The van der Waals surface area contributed by atoms with Crippen molar-refractivity contribution in [2.75, 3.05) is 32.8 Å². The molecule has 3 rings (SSSR count). The predicted molar refractivity (Wildman–Crippen MR) is 125 cm³/mol. The quantitative estimate of drug-likeness (QED) is 0.456. The molecule has 0 atom stereocenters. The summed E-state index contributed by atoms with van der Waals surface area (Å²) < 4.78 is 9.73. The molecule has 2 N–H and O–H groups in total. The Labute approximate surface area is 198 Å². The molecule has 2 aromatic rings. The second-order valence-electron chi connectivity index (χ2n) is 7.90. The monoisotopic (exact) mass is 467 g/mol. The van der Waals surface area contributed by atoms with Gasteiger partial charge in [0.05, 0.1) is 13.2 Å². The van der Waals surface area contributed by atoms with Crippen LogP contribution in [-0.2, 0) is 9.53 Å². The number of rotatable bonds is 8. The number of ether oxygens (including phenoxy) is 2. The number of benzene rings is 2. The van der Waals surface area contributed by atoms with Crippen molar-refractivity contribution >= 4 is 23.9 Å². The molecular weight excluding hydrogens is 438 g/mol. The predicted octanol–water partition coefficient (Wildman–Crippen LogP) is 2.62. The smallest absolute Gasteiger partial charge is 0.434 e. The molecular formula is C25H29N3O6. The summed E-state index contributed by atoms with van der Waals surface area (Å²) in [6, 6.07) is 15.1.